The highest BCUT2D eigenvalue weighted by Crippen LogP contribution is 2.16. The van der Waals surface area contributed by atoms with Gasteiger partial charge in [-0.05, 0) is 23.3 Å². The Kier molecular flexibility index (Phi) is 7.33. The first-order valence-electron chi connectivity index (χ1n) is 6.79. The second-order valence-corrected chi connectivity index (χ2v) is 4.48. The molecule has 0 heterocycles. The summed E-state index contributed by atoms with van der Waals surface area (Å²) in [4.78, 5) is 22.0. The third-order valence-electron chi connectivity index (χ3n) is 2.70. The van der Waals surface area contributed by atoms with Gasteiger partial charge in [0.1, 0.15) is 5.82 Å². The third-order valence-corrected chi connectivity index (χ3v) is 2.70. The van der Waals surface area contributed by atoms with Crippen molar-refractivity contribution in [3.05, 3.63) is 66.5 Å². The maximum absolute atomic E-state index is 13.2. The normalized spacial score (nSPS) is 11.3. The van der Waals surface area contributed by atoms with Gasteiger partial charge in [0, 0.05) is 13.5 Å². The van der Waals surface area contributed by atoms with Gasteiger partial charge in [0.2, 0.25) is 11.8 Å². The summed E-state index contributed by atoms with van der Waals surface area (Å²) in [5.74, 6) is -0.822. The van der Waals surface area contributed by atoms with E-state index in [0.717, 1.165) is 11.1 Å². The molecule has 0 fully saturated rings. The summed E-state index contributed by atoms with van der Waals surface area (Å²) in [5.41, 5.74) is 1.51. The van der Waals surface area contributed by atoms with Gasteiger partial charge >= 0.3 is 0 Å². The van der Waals surface area contributed by atoms with Crippen molar-refractivity contribution < 1.29 is 14.0 Å². The van der Waals surface area contributed by atoms with E-state index in [0.29, 0.717) is 6.54 Å². The molecule has 1 aromatic rings. The Morgan fingerprint density at radius 2 is 2.09 bits per heavy atom. The van der Waals surface area contributed by atoms with Crippen molar-refractivity contribution in [2.75, 3.05) is 13.1 Å². The first-order valence-corrected chi connectivity index (χ1v) is 6.79. The van der Waals surface area contributed by atoms with Crippen molar-refractivity contribution >= 4 is 17.4 Å². The molecule has 1 aromatic carbocycles. The smallest absolute Gasteiger partial charge is 0.239 e. The van der Waals surface area contributed by atoms with Crippen molar-refractivity contribution in [1.29, 1.82) is 0 Å². The molecule has 5 heteroatoms. The summed E-state index contributed by atoms with van der Waals surface area (Å²) in [5, 5.41) is 5.03. The summed E-state index contributed by atoms with van der Waals surface area (Å²) in [6, 6.07) is 6.23. The predicted octanol–water partition coefficient (Wildman–Crippen LogP) is 2.20. The number of carbonyl (C=O) groups is 2. The van der Waals surface area contributed by atoms with Crippen LogP contribution in [-0.2, 0) is 9.59 Å². The molecule has 22 heavy (non-hydrogen) atoms. The Labute approximate surface area is 129 Å². The molecular formula is C17H19FN2O2. The van der Waals surface area contributed by atoms with Gasteiger partial charge < -0.3 is 10.6 Å². The Morgan fingerprint density at radius 1 is 1.32 bits per heavy atom. The predicted molar refractivity (Wildman–Crippen MR) is 85.4 cm³/mol. The number of rotatable bonds is 7. The van der Waals surface area contributed by atoms with Crippen LogP contribution in [0.25, 0.3) is 5.57 Å². The van der Waals surface area contributed by atoms with Gasteiger partial charge in [-0.2, -0.15) is 0 Å². The fourth-order valence-electron chi connectivity index (χ4n) is 1.63. The van der Waals surface area contributed by atoms with Gasteiger partial charge in [0.25, 0.3) is 0 Å². The topological polar surface area (TPSA) is 58.2 Å². The molecule has 4 nitrogen and oxygen atoms in total. The molecule has 0 atom stereocenters. The highest BCUT2D eigenvalue weighted by molar-refractivity contribution is 5.83. The summed E-state index contributed by atoms with van der Waals surface area (Å²) >= 11 is 0. The van der Waals surface area contributed by atoms with E-state index in [1.165, 1.54) is 19.1 Å². The van der Waals surface area contributed by atoms with Crippen LogP contribution in [0, 0.1) is 5.82 Å². The van der Waals surface area contributed by atoms with Crippen LogP contribution < -0.4 is 10.6 Å². The molecular weight excluding hydrogens is 283 g/mol. The fraction of sp³-hybridized carbons (Fsp3) is 0.176. The van der Waals surface area contributed by atoms with E-state index in [1.807, 2.05) is 0 Å². The molecule has 1 rings (SSSR count). The molecule has 0 radical (unpaired) electrons. The van der Waals surface area contributed by atoms with Gasteiger partial charge in [-0.25, -0.2) is 4.39 Å². The molecule has 0 aliphatic carbocycles. The van der Waals surface area contributed by atoms with Crippen molar-refractivity contribution in [2.24, 2.45) is 0 Å². The Morgan fingerprint density at radius 3 is 2.73 bits per heavy atom. The van der Waals surface area contributed by atoms with Crippen molar-refractivity contribution in [3.8, 4) is 0 Å². The minimum Gasteiger partial charge on any atom is -0.351 e. The number of nitrogens with one attached hydrogen (secondary N) is 2. The lowest BCUT2D eigenvalue weighted by molar-refractivity contribution is -0.124. The summed E-state index contributed by atoms with van der Waals surface area (Å²) in [6.07, 6.45) is 6.91. The quantitative estimate of drug-likeness (QED) is 0.759. The van der Waals surface area contributed by atoms with Crippen molar-refractivity contribution in [2.45, 2.75) is 6.92 Å². The molecule has 0 bridgehead atoms. The molecule has 0 saturated carbocycles. The number of carbonyl (C=O) groups excluding carboxylic acids is 2. The number of hydrogen-bond acceptors (Lipinski definition) is 2. The molecule has 2 amide bonds. The number of allylic oxidation sites excluding steroid dienone is 4. The zero-order chi connectivity index (χ0) is 16.4. The average molecular weight is 302 g/mol. The van der Waals surface area contributed by atoms with E-state index in [9.17, 15) is 14.0 Å². The first kappa shape index (κ1) is 17.4. The zero-order valence-electron chi connectivity index (χ0n) is 12.4. The SMILES string of the molecule is C=C/C(=C\C=C\CNC(=O)CNC(C)=O)c1cccc(F)c1. The van der Waals surface area contributed by atoms with Crippen molar-refractivity contribution in [1.82, 2.24) is 10.6 Å². The monoisotopic (exact) mass is 302 g/mol. The molecule has 0 aliphatic rings. The van der Waals surface area contributed by atoms with Crippen LogP contribution in [0.1, 0.15) is 12.5 Å². The van der Waals surface area contributed by atoms with Gasteiger partial charge in [0.15, 0.2) is 0 Å². The van der Waals surface area contributed by atoms with E-state index >= 15 is 0 Å². The standard InChI is InChI=1S/C17H19FN2O2/c1-3-14(15-8-6-9-16(18)11-15)7-4-5-10-19-17(22)12-20-13(2)21/h3-9,11H,1,10,12H2,2H3,(H,19,22)(H,20,21)/b5-4+,14-7+. The van der Waals surface area contributed by atoms with E-state index in [-0.39, 0.29) is 24.2 Å². The van der Waals surface area contributed by atoms with Crippen LogP contribution in [-0.4, -0.2) is 24.9 Å². The second-order valence-electron chi connectivity index (χ2n) is 4.48. The van der Waals surface area contributed by atoms with Gasteiger partial charge in [0.05, 0.1) is 6.54 Å². The van der Waals surface area contributed by atoms with Crippen LogP contribution in [0.3, 0.4) is 0 Å². The highest BCUT2D eigenvalue weighted by Gasteiger charge is 1.99. The van der Waals surface area contributed by atoms with E-state index in [4.69, 9.17) is 0 Å². The molecule has 116 valence electrons. The third kappa shape index (κ3) is 6.65. The minimum absolute atomic E-state index is 0.0415. The summed E-state index contributed by atoms with van der Waals surface area (Å²) in [6.45, 7) is 5.34. The van der Waals surface area contributed by atoms with Crippen LogP contribution in [0.2, 0.25) is 0 Å². The van der Waals surface area contributed by atoms with E-state index < -0.39 is 0 Å². The minimum atomic E-state index is -0.306. The van der Waals surface area contributed by atoms with E-state index in [2.05, 4.69) is 17.2 Å². The van der Waals surface area contributed by atoms with Crippen LogP contribution >= 0.6 is 0 Å². The second kappa shape index (κ2) is 9.28. The lowest BCUT2D eigenvalue weighted by atomic mass is 10.1. The Bertz CT molecular complexity index is 606. The molecule has 0 unspecified atom stereocenters. The van der Waals surface area contributed by atoms with Crippen LogP contribution in [0.15, 0.2) is 55.1 Å². The Balaban J connectivity index is 2.49. The first-order chi connectivity index (χ1) is 10.5. The highest BCUT2D eigenvalue weighted by atomic mass is 19.1. The lowest BCUT2D eigenvalue weighted by Crippen LogP contribution is -2.35. The van der Waals surface area contributed by atoms with Crippen molar-refractivity contribution in [3.63, 3.8) is 0 Å². The molecule has 0 saturated heterocycles. The van der Waals surface area contributed by atoms with Crippen LogP contribution in [0.5, 0.6) is 0 Å². The fourth-order valence-corrected chi connectivity index (χ4v) is 1.63. The molecule has 0 aliphatic heterocycles. The summed E-state index contributed by atoms with van der Waals surface area (Å²) < 4.78 is 13.2. The van der Waals surface area contributed by atoms with Crippen LogP contribution in [0.4, 0.5) is 4.39 Å². The maximum atomic E-state index is 13.2. The molecule has 0 aromatic heterocycles. The maximum Gasteiger partial charge on any atom is 0.239 e. The lowest BCUT2D eigenvalue weighted by Gasteiger charge is -2.02. The number of halogens is 1. The molecule has 2 N–H and O–H groups in total. The van der Waals surface area contributed by atoms with E-state index in [1.54, 1.807) is 36.4 Å². The zero-order valence-corrected chi connectivity index (χ0v) is 12.4. The van der Waals surface area contributed by atoms with Gasteiger partial charge in [-0.15, -0.1) is 0 Å². The van der Waals surface area contributed by atoms with Gasteiger partial charge in [-0.3, -0.25) is 9.59 Å². The molecule has 0 spiro atoms. The Hall–Kier alpha value is -2.69. The summed E-state index contributed by atoms with van der Waals surface area (Å²) in [7, 11) is 0. The average Bonchev–Trinajstić information content (AvgIpc) is 2.48. The largest absolute Gasteiger partial charge is 0.351 e. The number of amides is 2. The number of hydrogen-bond donors (Lipinski definition) is 2. The van der Waals surface area contributed by atoms with Gasteiger partial charge in [-0.1, -0.05) is 43.0 Å². The number of benzene rings is 1.